The second kappa shape index (κ2) is 6.86. The summed E-state index contributed by atoms with van der Waals surface area (Å²) >= 11 is 3.13. The molecule has 1 N–H and O–H groups in total. The van der Waals surface area contributed by atoms with Gasteiger partial charge >= 0.3 is 5.91 Å². The van der Waals surface area contributed by atoms with Crippen LogP contribution in [-0.4, -0.2) is 12.1 Å². The maximum atomic E-state index is 11.6. The van der Waals surface area contributed by atoms with Crippen LogP contribution in [0.5, 0.6) is 0 Å². The van der Waals surface area contributed by atoms with Crippen LogP contribution in [0.25, 0.3) is 6.08 Å². The minimum atomic E-state index is -0.389. The van der Waals surface area contributed by atoms with Crippen molar-refractivity contribution in [3.05, 3.63) is 64.0 Å². The molecule has 1 aromatic carbocycles. The number of allylic oxidation sites excluding steroid dienone is 1. The molecule has 0 saturated carbocycles. The van der Waals surface area contributed by atoms with Crippen molar-refractivity contribution in [1.82, 2.24) is 5.43 Å². The number of nitrogens with one attached hydrogen (secondary N) is 1. The lowest BCUT2D eigenvalue weighted by Crippen LogP contribution is -2.16. The Bertz CT molecular complexity index is 645. The number of hydrazone groups is 1. The number of benzene rings is 1. The van der Waals surface area contributed by atoms with E-state index >= 15 is 0 Å². The Morgan fingerprint density at radius 2 is 2.00 bits per heavy atom. The molecule has 1 amide bonds. The van der Waals surface area contributed by atoms with E-state index in [1.165, 1.54) is 0 Å². The molecule has 0 bridgehead atoms. The quantitative estimate of drug-likeness (QED) is 0.682. The van der Waals surface area contributed by atoms with Crippen LogP contribution in [0, 0.1) is 0 Å². The standard InChI is InChI=1S/C15H13BrN2O2/c1-11(9-12-5-3-2-4-6-12)10-17-18-15(19)13-7-8-14(16)20-13/h2-10H,1H3,(H,18,19)/b11-9+,17-10+. The molecule has 20 heavy (non-hydrogen) atoms. The molecule has 102 valence electrons. The summed E-state index contributed by atoms with van der Waals surface area (Å²) in [5.74, 6) is -0.182. The summed E-state index contributed by atoms with van der Waals surface area (Å²) in [6.45, 7) is 1.91. The van der Waals surface area contributed by atoms with Crippen molar-refractivity contribution >= 4 is 34.1 Å². The summed E-state index contributed by atoms with van der Waals surface area (Å²) in [6, 6.07) is 13.1. The van der Waals surface area contributed by atoms with Crippen LogP contribution in [0.1, 0.15) is 23.0 Å². The fraction of sp³-hybridized carbons (Fsp3) is 0.0667. The van der Waals surface area contributed by atoms with E-state index in [0.29, 0.717) is 4.67 Å². The van der Waals surface area contributed by atoms with E-state index in [1.807, 2.05) is 43.3 Å². The van der Waals surface area contributed by atoms with E-state index < -0.39 is 0 Å². The van der Waals surface area contributed by atoms with E-state index in [2.05, 4.69) is 26.5 Å². The number of amides is 1. The van der Waals surface area contributed by atoms with Crippen molar-refractivity contribution in [1.29, 1.82) is 0 Å². The van der Waals surface area contributed by atoms with Gasteiger partial charge in [-0.2, -0.15) is 5.10 Å². The van der Waals surface area contributed by atoms with Gasteiger partial charge in [0.25, 0.3) is 0 Å². The average Bonchev–Trinajstić information content (AvgIpc) is 2.86. The average molecular weight is 333 g/mol. The lowest BCUT2D eigenvalue weighted by molar-refractivity contribution is 0.0926. The molecule has 0 aliphatic carbocycles. The van der Waals surface area contributed by atoms with E-state index in [0.717, 1.165) is 11.1 Å². The minimum Gasteiger partial charge on any atom is -0.444 e. The molecule has 0 fully saturated rings. The van der Waals surface area contributed by atoms with Gasteiger partial charge in [-0.25, -0.2) is 5.43 Å². The molecule has 0 saturated heterocycles. The fourth-order valence-electron chi connectivity index (χ4n) is 1.53. The Hall–Kier alpha value is -2.14. The summed E-state index contributed by atoms with van der Waals surface area (Å²) in [4.78, 5) is 11.6. The van der Waals surface area contributed by atoms with Gasteiger partial charge in [0.15, 0.2) is 10.4 Å². The smallest absolute Gasteiger partial charge is 0.307 e. The van der Waals surface area contributed by atoms with Gasteiger partial charge in [-0.3, -0.25) is 4.79 Å². The van der Waals surface area contributed by atoms with Crippen LogP contribution in [0.3, 0.4) is 0 Å². The summed E-state index contributed by atoms with van der Waals surface area (Å²) in [6.07, 6.45) is 3.56. The SMILES string of the molecule is CC(/C=N/NC(=O)c1ccc(Br)o1)=C\c1ccccc1. The first-order valence-electron chi connectivity index (χ1n) is 5.97. The summed E-state index contributed by atoms with van der Waals surface area (Å²) in [5.41, 5.74) is 4.41. The van der Waals surface area contributed by atoms with Crippen molar-refractivity contribution in [3.8, 4) is 0 Å². The van der Waals surface area contributed by atoms with Crippen LogP contribution in [0.2, 0.25) is 0 Å². The minimum absolute atomic E-state index is 0.207. The third kappa shape index (κ3) is 4.20. The first-order valence-corrected chi connectivity index (χ1v) is 6.76. The number of carbonyl (C=O) groups is 1. The van der Waals surface area contributed by atoms with Crippen LogP contribution >= 0.6 is 15.9 Å². The fourth-order valence-corrected chi connectivity index (χ4v) is 1.84. The monoisotopic (exact) mass is 332 g/mol. The van der Waals surface area contributed by atoms with Gasteiger partial charge in [0.2, 0.25) is 0 Å². The van der Waals surface area contributed by atoms with Gasteiger partial charge in [0.1, 0.15) is 0 Å². The van der Waals surface area contributed by atoms with E-state index in [1.54, 1.807) is 18.3 Å². The van der Waals surface area contributed by atoms with Gasteiger partial charge in [0.05, 0.1) is 6.21 Å². The van der Waals surface area contributed by atoms with Crippen LogP contribution < -0.4 is 5.43 Å². The van der Waals surface area contributed by atoms with Crippen molar-refractivity contribution < 1.29 is 9.21 Å². The Morgan fingerprint density at radius 1 is 1.25 bits per heavy atom. The Kier molecular flexibility index (Phi) is 4.90. The number of nitrogens with zero attached hydrogens (tertiary/aromatic N) is 1. The third-order valence-electron chi connectivity index (χ3n) is 2.43. The van der Waals surface area contributed by atoms with E-state index in [4.69, 9.17) is 4.42 Å². The molecule has 0 spiro atoms. The number of carbonyl (C=O) groups excluding carboxylic acids is 1. The Morgan fingerprint density at radius 3 is 2.65 bits per heavy atom. The molecule has 0 aliphatic rings. The molecule has 1 aromatic heterocycles. The van der Waals surface area contributed by atoms with Gasteiger partial charge in [0, 0.05) is 0 Å². The highest BCUT2D eigenvalue weighted by molar-refractivity contribution is 9.10. The molecule has 2 rings (SSSR count). The van der Waals surface area contributed by atoms with Crippen molar-refractivity contribution in [2.24, 2.45) is 5.10 Å². The lowest BCUT2D eigenvalue weighted by atomic mass is 10.1. The summed E-state index contributed by atoms with van der Waals surface area (Å²) in [5, 5.41) is 3.88. The topological polar surface area (TPSA) is 54.6 Å². The van der Waals surface area contributed by atoms with Crippen molar-refractivity contribution in [3.63, 3.8) is 0 Å². The zero-order valence-corrected chi connectivity index (χ0v) is 12.4. The largest absolute Gasteiger partial charge is 0.444 e. The van der Waals surface area contributed by atoms with Crippen molar-refractivity contribution in [2.45, 2.75) is 6.92 Å². The normalized spacial score (nSPS) is 11.8. The molecule has 5 heteroatoms. The summed E-state index contributed by atoms with van der Waals surface area (Å²) in [7, 11) is 0. The van der Waals surface area contributed by atoms with Crippen LogP contribution in [-0.2, 0) is 0 Å². The molecule has 1 heterocycles. The van der Waals surface area contributed by atoms with Gasteiger partial charge < -0.3 is 4.42 Å². The maximum Gasteiger partial charge on any atom is 0.307 e. The Balaban J connectivity index is 1.93. The number of hydrogen-bond donors (Lipinski definition) is 1. The van der Waals surface area contributed by atoms with Gasteiger partial charge in [-0.1, -0.05) is 36.4 Å². The zero-order valence-electron chi connectivity index (χ0n) is 10.8. The predicted molar refractivity (Wildman–Crippen MR) is 82.5 cm³/mol. The number of hydrogen-bond acceptors (Lipinski definition) is 3. The van der Waals surface area contributed by atoms with E-state index in [-0.39, 0.29) is 11.7 Å². The molecule has 4 nitrogen and oxygen atoms in total. The predicted octanol–water partition coefficient (Wildman–Crippen LogP) is 3.86. The Labute approximate surface area is 125 Å². The first-order chi connectivity index (χ1) is 9.65. The molecular weight excluding hydrogens is 320 g/mol. The molecule has 0 atom stereocenters. The van der Waals surface area contributed by atoms with Gasteiger partial charge in [-0.05, 0) is 46.1 Å². The maximum absolute atomic E-state index is 11.6. The second-order valence-corrected chi connectivity index (χ2v) is 4.88. The molecular formula is C15H13BrN2O2. The molecule has 0 aliphatic heterocycles. The van der Waals surface area contributed by atoms with Crippen LogP contribution in [0.15, 0.2) is 62.2 Å². The highest BCUT2D eigenvalue weighted by Crippen LogP contribution is 2.13. The number of furan rings is 1. The highest BCUT2D eigenvalue weighted by Gasteiger charge is 2.08. The number of halogens is 1. The highest BCUT2D eigenvalue weighted by atomic mass is 79.9. The van der Waals surface area contributed by atoms with Gasteiger partial charge in [-0.15, -0.1) is 0 Å². The first kappa shape index (κ1) is 14.3. The van der Waals surface area contributed by atoms with Crippen LogP contribution in [0.4, 0.5) is 0 Å². The summed E-state index contributed by atoms with van der Waals surface area (Å²) < 4.78 is 5.62. The third-order valence-corrected chi connectivity index (χ3v) is 2.85. The molecule has 0 unspecified atom stereocenters. The molecule has 2 aromatic rings. The van der Waals surface area contributed by atoms with E-state index in [9.17, 15) is 4.79 Å². The lowest BCUT2D eigenvalue weighted by Gasteiger charge is -1.96. The second-order valence-electron chi connectivity index (χ2n) is 4.10. The number of rotatable bonds is 4. The zero-order chi connectivity index (χ0) is 14.4. The van der Waals surface area contributed by atoms with Crippen molar-refractivity contribution in [2.75, 3.05) is 0 Å². The molecule has 0 radical (unpaired) electrons.